The van der Waals surface area contributed by atoms with Crippen molar-refractivity contribution >= 4 is 27.7 Å². The van der Waals surface area contributed by atoms with Crippen LogP contribution < -0.4 is 14.8 Å². The van der Waals surface area contributed by atoms with Gasteiger partial charge in [-0.15, -0.1) is 11.8 Å². The Morgan fingerprint density at radius 2 is 1.71 bits per heavy atom. The van der Waals surface area contributed by atoms with E-state index in [1.54, 1.807) is 17.8 Å². The zero-order chi connectivity index (χ0) is 24.7. The van der Waals surface area contributed by atoms with E-state index >= 15 is 0 Å². The summed E-state index contributed by atoms with van der Waals surface area (Å²) in [7, 11) is -0.962. The molecular weight excluding hydrogens is 472 g/mol. The largest absolute Gasteiger partial charge is 0.493 e. The molecule has 1 atom stereocenters. The maximum Gasteiger partial charge on any atom is 0.243 e. The number of sulfonamides is 1. The van der Waals surface area contributed by atoms with Crippen molar-refractivity contribution in [1.82, 2.24) is 9.62 Å². The molecular formula is C25H34N2O5S2. The van der Waals surface area contributed by atoms with E-state index in [1.807, 2.05) is 37.4 Å². The summed E-state index contributed by atoms with van der Waals surface area (Å²) < 4.78 is 39.3. The molecule has 0 aromatic heterocycles. The van der Waals surface area contributed by atoms with Crippen LogP contribution in [-0.4, -0.2) is 51.7 Å². The Kier molecular flexibility index (Phi) is 9.27. The number of rotatable bonds is 10. The minimum atomic E-state index is -3.93. The lowest BCUT2D eigenvalue weighted by atomic mass is 9.95. The van der Waals surface area contributed by atoms with Gasteiger partial charge in [-0.05, 0) is 55.9 Å². The fourth-order valence-electron chi connectivity index (χ4n) is 4.30. The molecule has 1 aliphatic rings. The number of hydrogen-bond acceptors (Lipinski definition) is 6. The van der Waals surface area contributed by atoms with Gasteiger partial charge in [-0.25, -0.2) is 8.42 Å². The lowest BCUT2D eigenvalue weighted by Crippen LogP contribution is -2.47. The first-order valence-corrected chi connectivity index (χ1v) is 14.1. The van der Waals surface area contributed by atoms with Crippen LogP contribution in [-0.2, 0) is 14.8 Å². The van der Waals surface area contributed by atoms with E-state index in [4.69, 9.17) is 9.47 Å². The van der Waals surface area contributed by atoms with Crippen LogP contribution in [0.2, 0.25) is 0 Å². The molecule has 1 unspecified atom stereocenters. The Hall–Kier alpha value is -2.23. The van der Waals surface area contributed by atoms with Crippen molar-refractivity contribution in [3.63, 3.8) is 0 Å². The second kappa shape index (κ2) is 12.0. The lowest BCUT2D eigenvalue weighted by molar-refractivity contribution is -0.122. The van der Waals surface area contributed by atoms with Gasteiger partial charge in [-0.3, -0.25) is 4.79 Å². The Labute approximate surface area is 207 Å². The molecule has 1 amide bonds. The van der Waals surface area contributed by atoms with E-state index < -0.39 is 10.0 Å². The molecule has 3 rings (SSSR count). The molecule has 0 radical (unpaired) electrons. The summed E-state index contributed by atoms with van der Waals surface area (Å²) in [6.45, 7) is 1.67. The average molecular weight is 507 g/mol. The van der Waals surface area contributed by atoms with Crippen molar-refractivity contribution in [3.05, 3.63) is 48.0 Å². The van der Waals surface area contributed by atoms with Gasteiger partial charge in [0, 0.05) is 17.0 Å². The summed E-state index contributed by atoms with van der Waals surface area (Å²) in [6, 6.07) is 12.1. The average Bonchev–Trinajstić information content (AvgIpc) is 2.87. The Bertz CT molecular complexity index is 1070. The van der Waals surface area contributed by atoms with Crippen molar-refractivity contribution in [1.29, 1.82) is 0 Å². The van der Waals surface area contributed by atoms with Gasteiger partial charge in [0.25, 0.3) is 0 Å². The zero-order valence-corrected chi connectivity index (χ0v) is 21.9. The number of nitrogens with zero attached hydrogens (tertiary/aromatic N) is 1. The second-order valence-electron chi connectivity index (χ2n) is 8.42. The predicted octanol–water partition coefficient (Wildman–Crippen LogP) is 4.63. The number of benzene rings is 2. The van der Waals surface area contributed by atoms with Gasteiger partial charge >= 0.3 is 0 Å². The second-order valence-corrected chi connectivity index (χ2v) is 11.2. The Balaban J connectivity index is 1.83. The summed E-state index contributed by atoms with van der Waals surface area (Å²) in [5, 5.41) is 2.97. The van der Waals surface area contributed by atoms with Gasteiger partial charge in [0.1, 0.15) is 0 Å². The lowest BCUT2D eigenvalue weighted by Gasteiger charge is -2.33. The first-order valence-electron chi connectivity index (χ1n) is 11.5. The molecule has 1 saturated carbocycles. The normalized spacial score (nSPS) is 15.7. The van der Waals surface area contributed by atoms with Crippen LogP contribution in [0.5, 0.6) is 11.5 Å². The SMILES string of the molecule is COc1ccc(S(=O)(=O)N(CC(=O)NC(C)c2ccc(SC)cc2)C2CCCCC2)cc1OC. The van der Waals surface area contributed by atoms with E-state index in [0.29, 0.717) is 11.5 Å². The molecule has 9 heteroatoms. The molecule has 7 nitrogen and oxygen atoms in total. The zero-order valence-electron chi connectivity index (χ0n) is 20.2. The number of ether oxygens (including phenoxy) is 2. The molecule has 0 spiro atoms. The fraction of sp³-hybridized carbons (Fsp3) is 0.480. The van der Waals surface area contributed by atoms with Gasteiger partial charge in [-0.2, -0.15) is 4.31 Å². The number of carbonyl (C=O) groups excluding carboxylic acids is 1. The highest BCUT2D eigenvalue weighted by atomic mass is 32.2. The van der Waals surface area contributed by atoms with Gasteiger partial charge in [0.2, 0.25) is 15.9 Å². The molecule has 1 N–H and O–H groups in total. The molecule has 0 bridgehead atoms. The van der Waals surface area contributed by atoms with Crippen molar-refractivity contribution in [2.24, 2.45) is 0 Å². The summed E-state index contributed by atoms with van der Waals surface area (Å²) in [4.78, 5) is 14.3. The molecule has 1 fully saturated rings. The first kappa shape index (κ1) is 26.4. The molecule has 0 saturated heterocycles. The quantitative estimate of drug-likeness (QED) is 0.473. The van der Waals surface area contributed by atoms with E-state index in [9.17, 15) is 13.2 Å². The molecule has 186 valence electrons. The maximum absolute atomic E-state index is 13.7. The minimum Gasteiger partial charge on any atom is -0.493 e. The van der Waals surface area contributed by atoms with E-state index in [0.717, 1.165) is 42.6 Å². The third-order valence-electron chi connectivity index (χ3n) is 6.24. The molecule has 0 aliphatic heterocycles. The third-order valence-corrected chi connectivity index (χ3v) is 8.87. The highest BCUT2D eigenvalue weighted by molar-refractivity contribution is 7.98. The number of hydrogen-bond donors (Lipinski definition) is 1. The standard InChI is InChI=1S/C25H34N2O5S2/c1-18(19-10-12-21(33-4)13-11-19)26-25(28)17-27(20-8-6-5-7-9-20)34(29,30)22-14-15-23(31-2)24(16-22)32-3/h10-16,18,20H,5-9,17H2,1-4H3,(H,26,28). The van der Waals surface area contributed by atoms with Crippen molar-refractivity contribution in [2.45, 2.75) is 60.9 Å². The minimum absolute atomic E-state index is 0.0872. The van der Waals surface area contributed by atoms with Crippen LogP contribution in [0.25, 0.3) is 0 Å². The number of carbonyl (C=O) groups is 1. The molecule has 34 heavy (non-hydrogen) atoms. The predicted molar refractivity (Wildman–Crippen MR) is 135 cm³/mol. The topological polar surface area (TPSA) is 84.9 Å². The van der Waals surface area contributed by atoms with Crippen LogP contribution in [0.15, 0.2) is 52.3 Å². The summed E-state index contributed by atoms with van der Waals surface area (Å²) >= 11 is 1.66. The van der Waals surface area contributed by atoms with E-state index in [1.165, 1.54) is 30.7 Å². The highest BCUT2D eigenvalue weighted by Gasteiger charge is 2.34. The van der Waals surface area contributed by atoms with E-state index in [2.05, 4.69) is 5.32 Å². The monoisotopic (exact) mass is 506 g/mol. The van der Waals surface area contributed by atoms with Crippen LogP contribution in [0, 0.1) is 0 Å². The smallest absolute Gasteiger partial charge is 0.243 e. The van der Waals surface area contributed by atoms with Gasteiger partial charge < -0.3 is 14.8 Å². The van der Waals surface area contributed by atoms with Gasteiger partial charge in [0.15, 0.2) is 11.5 Å². The first-order chi connectivity index (χ1) is 16.3. The van der Waals surface area contributed by atoms with E-state index in [-0.39, 0.29) is 29.4 Å². The summed E-state index contributed by atoms with van der Waals surface area (Å²) in [5.74, 6) is 0.458. The Morgan fingerprint density at radius 3 is 2.29 bits per heavy atom. The van der Waals surface area contributed by atoms with Crippen LogP contribution in [0.4, 0.5) is 0 Å². The Morgan fingerprint density at radius 1 is 1.06 bits per heavy atom. The highest BCUT2D eigenvalue weighted by Crippen LogP contribution is 2.33. The van der Waals surface area contributed by atoms with Gasteiger partial charge in [0.05, 0.1) is 31.7 Å². The number of thioether (sulfide) groups is 1. The molecule has 1 aliphatic carbocycles. The van der Waals surface area contributed by atoms with Crippen molar-refractivity contribution < 1.29 is 22.7 Å². The summed E-state index contributed by atoms with van der Waals surface area (Å²) in [6.07, 6.45) is 6.47. The van der Waals surface area contributed by atoms with Crippen molar-refractivity contribution in [3.8, 4) is 11.5 Å². The number of nitrogens with one attached hydrogen (secondary N) is 1. The maximum atomic E-state index is 13.7. The van der Waals surface area contributed by atoms with Crippen molar-refractivity contribution in [2.75, 3.05) is 27.0 Å². The number of methoxy groups -OCH3 is 2. The molecule has 0 heterocycles. The summed E-state index contributed by atoms with van der Waals surface area (Å²) in [5.41, 5.74) is 0.970. The fourth-order valence-corrected chi connectivity index (χ4v) is 6.36. The van der Waals surface area contributed by atoms with Crippen LogP contribution >= 0.6 is 11.8 Å². The number of amides is 1. The molecule has 2 aromatic carbocycles. The molecule has 2 aromatic rings. The van der Waals surface area contributed by atoms with Crippen LogP contribution in [0.1, 0.15) is 50.6 Å². The van der Waals surface area contributed by atoms with Gasteiger partial charge in [-0.1, -0.05) is 31.4 Å². The third kappa shape index (κ3) is 6.25. The van der Waals surface area contributed by atoms with Crippen LogP contribution in [0.3, 0.4) is 0 Å².